The lowest BCUT2D eigenvalue weighted by molar-refractivity contribution is 0.0850. The van der Waals surface area contributed by atoms with Crippen molar-refractivity contribution in [3.05, 3.63) is 17.7 Å². The third-order valence-corrected chi connectivity index (χ3v) is 5.04. The smallest absolute Gasteiger partial charge is 0.123 e. The van der Waals surface area contributed by atoms with Gasteiger partial charge in [-0.05, 0) is 31.7 Å². The van der Waals surface area contributed by atoms with Gasteiger partial charge in [-0.25, -0.2) is 4.98 Å². The van der Waals surface area contributed by atoms with E-state index >= 15 is 0 Å². The second-order valence-electron chi connectivity index (χ2n) is 6.16. The van der Waals surface area contributed by atoms with Crippen LogP contribution in [0.4, 0.5) is 0 Å². The van der Waals surface area contributed by atoms with E-state index in [1.807, 2.05) is 6.33 Å². The Balaban J connectivity index is 1.81. The van der Waals surface area contributed by atoms with E-state index in [9.17, 15) is 0 Å². The zero-order valence-corrected chi connectivity index (χ0v) is 12.3. The number of aryl methyl sites for hydroxylation is 1. The highest BCUT2D eigenvalue weighted by Crippen LogP contribution is 2.19. The second kappa shape index (κ2) is 5.36. The molecule has 0 saturated carbocycles. The summed E-state index contributed by atoms with van der Waals surface area (Å²) in [6.07, 6.45) is 6.86. The zero-order valence-electron chi connectivity index (χ0n) is 11.3. The van der Waals surface area contributed by atoms with Gasteiger partial charge in [-0.1, -0.05) is 19.6 Å². The molecule has 17 heavy (non-hydrogen) atoms. The summed E-state index contributed by atoms with van der Waals surface area (Å²) in [7, 11) is -0.958. The number of hydrogen-bond acceptors (Lipinski definition) is 2. The predicted octanol–water partition coefficient (Wildman–Crippen LogP) is 3.07. The molecule has 1 heterocycles. The Morgan fingerprint density at radius 2 is 2.06 bits per heavy atom. The average molecular weight is 252 g/mol. The van der Waals surface area contributed by atoms with Crippen LogP contribution in [0.25, 0.3) is 0 Å². The summed E-state index contributed by atoms with van der Waals surface area (Å²) < 4.78 is 7.97. The van der Waals surface area contributed by atoms with Crippen molar-refractivity contribution in [2.24, 2.45) is 0 Å². The molecule has 0 radical (unpaired) electrons. The second-order valence-corrected chi connectivity index (χ2v) is 11.8. The molecule has 1 aliphatic carbocycles. The summed E-state index contributed by atoms with van der Waals surface area (Å²) in [5.74, 6) is 0. The average Bonchev–Trinajstić information content (AvgIpc) is 2.67. The normalized spacial score (nSPS) is 15.9. The van der Waals surface area contributed by atoms with Gasteiger partial charge in [0.15, 0.2) is 0 Å². The fraction of sp³-hybridized carbons (Fsp3) is 0.769. The predicted molar refractivity (Wildman–Crippen MR) is 73.0 cm³/mol. The monoisotopic (exact) mass is 252 g/mol. The van der Waals surface area contributed by atoms with Crippen molar-refractivity contribution < 1.29 is 4.74 Å². The van der Waals surface area contributed by atoms with Gasteiger partial charge in [-0.2, -0.15) is 0 Å². The van der Waals surface area contributed by atoms with Gasteiger partial charge >= 0.3 is 0 Å². The van der Waals surface area contributed by atoms with Crippen molar-refractivity contribution in [1.29, 1.82) is 0 Å². The molecule has 1 aromatic rings. The largest absolute Gasteiger partial charge is 0.361 e. The first kappa shape index (κ1) is 12.8. The Kier molecular flexibility index (Phi) is 4.04. The van der Waals surface area contributed by atoms with E-state index < -0.39 is 8.07 Å². The highest BCUT2D eigenvalue weighted by Gasteiger charge is 2.15. The first-order valence-corrected chi connectivity index (χ1v) is 10.4. The molecule has 0 saturated heterocycles. The molecule has 1 aliphatic rings. The van der Waals surface area contributed by atoms with Crippen molar-refractivity contribution in [3.63, 3.8) is 0 Å². The van der Waals surface area contributed by atoms with E-state index in [0.717, 1.165) is 13.0 Å². The molecule has 0 aliphatic heterocycles. The van der Waals surface area contributed by atoms with Crippen LogP contribution in [-0.4, -0.2) is 24.2 Å². The lowest BCUT2D eigenvalue weighted by Crippen LogP contribution is -2.22. The van der Waals surface area contributed by atoms with Crippen LogP contribution >= 0.6 is 0 Å². The summed E-state index contributed by atoms with van der Waals surface area (Å²) >= 11 is 0. The molecule has 96 valence electrons. The maximum atomic E-state index is 5.78. The maximum absolute atomic E-state index is 5.78. The maximum Gasteiger partial charge on any atom is 0.123 e. The fourth-order valence-corrected chi connectivity index (χ4v) is 2.94. The van der Waals surface area contributed by atoms with E-state index in [-0.39, 0.29) is 0 Å². The molecular weight excluding hydrogens is 228 g/mol. The van der Waals surface area contributed by atoms with Gasteiger partial charge in [0.25, 0.3) is 0 Å². The number of fused-ring (bicyclic) bond motifs is 1. The molecule has 0 amide bonds. The molecule has 1 aromatic heterocycles. The van der Waals surface area contributed by atoms with Gasteiger partial charge in [0.05, 0.1) is 12.0 Å². The third-order valence-electron chi connectivity index (χ3n) is 3.34. The standard InChI is InChI=1S/C13H24N2OSi/c1-17(2,3)9-8-16-11-15-10-14-12-6-4-5-7-13(12)15/h10H,4-9,11H2,1-3H3. The minimum Gasteiger partial charge on any atom is -0.361 e. The van der Waals surface area contributed by atoms with Gasteiger partial charge in [0.1, 0.15) is 6.73 Å². The number of nitrogens with zero attached hydrogens (tertiary/aromatic N) is 2. The zero-order chi connectivity index (χ0) is 12.3. The van der Waals surface area contributed by atoms with Crippen LogP contribution in [0.3, 0.4) is 0 Å². The van der Waals surface area contributed by atoms with Gasteiger partial charge in [0, 0.05) is 20.4 Å². The number of rotatable bonds is 5. The molecular formula is C13H24N2OSi. The molecule has 4 heteroatoms. The van der Waals surface area contributed by atoms with Crippen LogP contribution in [0.1, 0.15) is 24.2 Å². The first-order chi connectivity index (χ1) is 8.06. The molecule has 0 fully saturated rings. The summed E-state index contributed by atoms with van der Waals surface area (Å²) in [6.45, 7) is 8.73. The number of hydrogen-bond donors (Lipinski definition) is 0. The molecule has 0 bridgehead atoms. The van der Waals surface area contributed by atoms with Crippen LogP contribution in [0.5, 0.6) is 0 Å². The minimum absolute atomic E-state index is 0.687. The molecule has 0 N–H and O–H groups in total. The lowest BCUT2D eigenvalue weighted by Gasteiger charge is -2.17. The lowest BCUT2D eigenvalue weighted by atomic mass is 10.0. The number of aromatic nitrogens is 2. The van der Waals surface area contributed by atoms with Gasteiger partial charge in [-0.15, -0.1) is 0 Å². The third kappa shape index (κ3) is 3.68. The summed E-state index contributed by atoms with van der Waals surface area (Å²) in [5.41, 5.74) is 2.70. The topological polar surface area (TPSA) is 27.1 Å². The first-order valence-electron chi connectivity index (χ1n) is 6.67. The van der Waals surface area contributed by atoms with Crippen molar-refractivity contribution in [3.8, 4) is 0 Å². The molecule has 3 nitrogen and oxygen atoms in total. The van der Waals surface area contributed by atoms with Crippen LogP contribution in [0.15, 0.2) is 6.33 Å². The van der Waals surface area contributed by atoms with Crippen LogP contribution < -0.4 is 0 Å². The van der Waals surface area contributed by atoms with Crippen molar-refractivity contribution in [2.75, 3.05) is 6.61 Å². The van der Waals surface area contributed by atoms with Crippen LogP contribution in [0.2, 0.25) is 25.7 Å². The SMILES string of the molecule is C[Si](C)(C)CCOCn1cnc2c1CCCC2. The van der Waals surface area contributed by atoms with E-state index in [4.69, 9.17) is 4.74 Å². The number of imidazole rings is 1. The van der Waals surface area contributed by atoms with Crippen LogP contribution in [0, 0.1) is 0 Å². The molecule has 0 atom stereocenters. The molecule has 0 unspecified atom stereocenters. The summed E-state index contributed by atoms with van der Waals surface area (Å²) in [5, 5.41) is 0. The minimum atomic E-state index is -0.958. The fourth-order valence-electron chi connectivity index (χ4n) is 2.18. The Labute approximate surface area is 105 Å². The van der Waals surface area contributed by atoms with Gasteiger partial charge < -0.3 is 9.30 Å². The Morgan fingerprint density at radius 1 is 1.29 bits per heavy atom. The Bertz CT molecular complexity index is 368. The molecule has 0 spiro atoms. The van der Waals surface area contributed by atoms with E-state index in [2.05, 4.69) is 29.2 Å². The van der Waals surface area contributed by atoms with Crippen molar-refractivity contribution >= 4 is 8.07 Å². The van der Waals surface area contributed by atoms with Crippen molar-refractivity contribution in [1.82, 2.24) is 9.55 Å². The van der Waals surface area contributed by atoms with E-state index in [1.54, 1.807) is 0 Å². The summed E-state index contributed by atoms with van der Waals surface area (Å²) in [6, 6.07) is 1.24. The van der Waals surface area contributed by atoms with E-state index in [0.29, 0.717) is 6.73 Å². The van der Waals surface area contributed by atoms with Gasteiger partial charge in [-0.3, -0.25) is 0 Å². The van der Waals surface area contributed by atoms with Gasteiger partial charge in [0.2, 0.25) is 0 Å². The highest BCUT2D eigenvalue weighted by atomic mass is 28.3. The Morgan fingerprint density at radius 3 is 2.82 bits per heavy atom. The molecule has 2 rings (SSSR count). The quantitative estimate of drug-likeness (QED) is 0.595. The highest BCUT2D eigenvalue weighted by molar-refractivity contribution is 6.76. The van der Waals surface area contributed by atoms with Crippen molar-refractivity contribution in [2.45, 2.75) is 58.1 Å². The molecule has 0 aromatic carbocycles. The Hall–Kier alpha value is -0.613. The number of ether oxygens (including phenoxy) is 1. The summed E-state index contributed by atoms with van der Waals surface area (Å²) in [4.78, 5) is 4.48. The van der Waals surface area contributed by atoms with Crippen LogP contribution in [-0.2, 0) is 24.3 Å². The van der Waals surface area contributed by atoms with E-state index in [1.165, 1.54) is 36.7 Å².